The second-order valence-corrected chi connectivity index (χ2v) is 1.11. The first-order valence-electron chi connectivity index (χ1n) is 2.22. The third kappa shape index (κ3) is 2.98. The average molecular weight is 184 g/mol. The first-order valence-corrected chi connectivity index (χ1v) is 2.22. The maximum atomic E-state index is 10.1. The number of carbonyl (C=O) groups is 2. The SMILES string of the molecule is O=C1OOOOC(=O)OOOO1. The summed E-state index contributed by atoms with van der Waals surface area (Å²) < 4.78 is 0. The van der Waals surface area contributed by atoms with Crippen LogP contribution in [0.4, 0.5) is 9.59 Å². The minimum absolute atomic E-state index is 1.48. The summed E-state index contributed by atoms with van der Waals surface area (Å²) in [7, 11) is 0. The highest BCUT2D eigenvalue weighted by molar-refractivity contribution is 5.58. The third-order valence-corrected chi connectivity index (χ3v) is 0.464. The summed E-state index contributed by atoms with van der Waals surface area (Å²) in [6.45, 7) is 0. The van der Waals surface area contributed by atoms with Gasteiger partial charge in [0, 0.05) is 20.2 Å². The zero-order valence-corrected chi connectivity index (χ0v) is 5.08. The lowest BCUT2D eigenvalue weighted by atomic mass is 11.4. The van der Waals surface area contributed by atoms with E-state index in [1.165, 1.54) is 0 Å². The van der Waals surface area contributed by atoms with Gasteiger partial charge < -0.3 is 0 Å². The van der Waals surface area contributed by atoms with E-state index in [0.717, 1.165) is 0 Å². The van der Waals surface area contributed by atoms with E-state index in [0.29, 0.717) is 0 Å². The molecule has 0 N–H and O–H groups in total. The molecule has 0 aromatic rings. The van der Waals surface area contributed by atoms with Crippen molar-refractivity contribution in [3.63, 3.8) is 0 Å². The van der Waals surface area contributed by atoms with Gasteiger partial charge in [-0.25, -0.2) is 19.6 Å². The van der Waals surface area contributed by atoms with Crippen LogP contribution in [0.15, 0.2) is 0 Å². The van der Waals surface area contributed by atoms with E-state index in [1.807, 2.05) is 0 Å². The van der Waals surface area contributed by atoms with Crippen LogP contribution in [0.2, 0.25) is 0 Å². The maximum absolute atomic E-state index is 10.1. The van der Waals surface area contributed by atoms with Gasteiger partial charge in [0.05, 0.1) is 0 Å². The third-order valence-electron chi connectivity index (χ3n) is 0.464. The molecular formula is C2O10. The van der Waals surface area contributed by atoms with Gasteiger partial charge in [0.2, 0.25) is 0 Å². The fraction of sp³-hybridized carbons (Fsp3) is 0. The molecule has 1 saturated heterocycles. The Morgan fingerprint density at radius 2 is 0.833 bits per heavy atom. The predicted molar refractivity (Wildman–Crippen MR) is 19.5 cm³/mol. The topological polar surface area (TPSA) is 108 Å². The number of hydrogen-bond donors (Lipinski definition) is 0. The number of hydrogen-bond acceptors (Lipinski definition) is 10. The van der Waals surface area contributed by atoms with Gasteiger partial charge in [-0.15, -0.1) is 0 Å². The molecule has 1 aliphatic rings. The molecule has 0 aromatic carbocycles. The van der Waals surface area contributed by atoms with E-state index in [-0.39, 0.29) is 0 Å². The molecule has 10 nitrogen and oxygen atoms in total. The molecule has 0 aliphatic carbocycles. The molecular weight excluding hydrogens is 184 g/mol. The van der Waals surface area contributed by atoms with Crippen molar-refractivity contribution in [2.24, 2.45) is 0 Å². The van der Waals surface area contributed by atoms with Crippen molar-refractivity contribution in [1.29, 1.82) is 0 Å². The zero-order valence-electron chi connectivity index (χ0n) is 5.08. The summed E-state index contributed by atoms with van der Waals surface area (Å²) in [5, 5.41) is 13.8. The Bertz CT molecular complexity index is 137. The smallest absolute Gasteiger partial charge is 0.223 e. The molecule has 0 bridgehead atoms. The van der Waals surface area contributed by atoms with Gasteiger partial charge in [-0.2, -0.15) is 9.59 Å². The Morgan fingerprint density at radius 1 is 0.583 bits per heavy atom. The standard InChI is InChI=1S/C2O10/c3-1-5-9-11-7-2(4)8-12-10-6-1. The normalized spacial score (nSPS) is 19.7. The monoisotopic (exact) mass is 184 g/mol. The summed E-state index contributed by atoms with van der Waals surface area (Å²) in [5.41, 5.74) is 0. The lowest BCUT2D eigenvalue weighted by Crippen LogP contribution is -2.16. The van der Waals surface area contributed by atoms with Crippen LogP contribution in [0, 0.1) is 0 Å². The van der Waals surface area contributed by atoms with Crippen LogP contribution in [-0.2, 0) is 39.7 Å². The van der Waals surface area contributed by atoms with E-state index < -0.39 is 12.3 Å². The fourth-order valence-corrected chi connectivity index (χ4v) is 0.194. The Morgan fingerprint density at radius 3 is 1.08 bits per heavy atom. The lowest BCUT2D eigenvalue weighted by molar-refractivity contribution is -0.653. The first kappa shape index (κ1) is 8.48. The number of rotatable bonds is 0. The van der Waals surface area contributed by atoms with Crippen molar-refractivity contribution in [3.8, 4) is 0 Å². The quantitative estimate of drug-likeness (QED) is 0.471. The molecule has 0 radical (unpaired) electrons. The number of carbonyl (C=O) groups excluding carboxylic acids is 2. The van der Waals surface area contributed by atoms with Gasteiger partial charge in [-0.3, -0.25) is 0 Å². The highest BCUT2D eigenvalue weighted by Gasteiger charge is 2.16. The summed E-state index contributed by atoms with van der Waals surface area (Å²) in [6, 6.07) is 0. The molecule has 1 aliphatic heterocycles. The zero-order chi connectivity index (χ0) is 8.81. The molecule has 1 rings (SSSR count). The fourth-order valence-electron chi connectivity index (χ4n) is 0.194. The summed E-state index contributed by atoms with van der Waals surface area (Å²) >= 11 is 0. The largest absolute Gasteiger partial charge is 0.577 e. The van der Waals surface area contributed by atoms with Crippen LogP contribution in [0.5, 0.6) is 0 Å². The maximum Gasteiger partial charge on any atom is 0.577 e. The first-order chi connectivity index (χ1) is 5.79. The molecule has 10 heteroatoms. The van der Waals surface area contributed by atoms with Crippen molar-refractivity contribution in [2.75, 3.05) is 0 Å². The van der Waals surface area contributed by atoms with E-state index in [4.69, 9.17) is 0 Å². The van der Waals surface area contributed by atoms with Gasteiger partial charge >= 0.3 is 12.3 Å². The van der Waals surface area contributed by atoms with E-state index in [2.05, 4.69) is 39.7 Å². The second-order valence-electron chi connectivity index (χ2n) is 1.11. The molecule has 68 valence electrons. The molecule has 12 heavy (non-hydrogen) atoms. The van der Waals surface area contributed by atoms with Crippen molar-refractivity contribution in [3.05, 3.63) is 0 Å². The van der Waals surface area contributed by atoms with Crippen molar-refractivity contribution in [2.45, 2.75) is 0 Å². The van der Waals surface area contributed by atoms with Gasteiger partial charge in [0.1, 0.15) is 0 Å². The molecule has 0 atom stereocenters. The minimum Gasteiger partial charge on any atom is -0.223 e. The highest BCUT2D eigenvalue weighted by atomic mass is 17.7. The van der Waals surface area contributed by atoms with E-state index in [1.54, 1.807) is 0 Å². The van der Waals surface area contributed by atoms with Crippen LogP contribution in [0.25, 0.3) is 0 Å². The van der Waals surface area contributed by atoms with Gasteiger partial charge in [-0.1, -0.05) is 0 Å². The van der Waals surface area contributed by atoms with E-state index >= 15 is 0 Å². The Hall–Kier alpha value is -1.62. The predicted octanol–water partition coefficient (Wildman–Crippen LogP) is -0.137. The van der Waals surface area contributed by atoms with Crippen molar-refractivity contribution in [1.82, 2.24) is 0 Å². The minimum atomic E-state index is -1.48. The second kappa shape index (κ2) is 4.30. The molecule has 0 saturated carbocycles. The van der Waals surface area contributed by atoms with Crippen LogP contribution in [0.3, 0.4) is 0 Å². The Balaban J connectivity index is 2.29. The summed E-state index contributed by atoms with van der Waals surface area (Å²) in [5.74, 6) is 0. The van der Waals surface area contributed by atoms with Crippen LogP contribution < -0.4 is 0 Å². The molecule has 0 amide bonds. The Labute approximate surface area is 62.9 Å². The molecule has 0 spiro atoms. The van der Waals surface area contributed by atoms with Crippen molar-refractivity contribution < 1.29 is 49.3 Å². The Kier molecular flexibility index (Phi) is 3.04. The van der Waals surface area contributed by atoms with Gasteiger partial charge in [0.15, 0.2) is 0 Å². The summed E-state index contributed by atoms with van der Waals surface area (Å²) in [6.07, 6.45) is -2.95. The summed E-state index contributed by atoms with van der Waals surface area (Å²) in [4.78, 5) is 34.4. The highest BCUT2D eigenvalue weighted by Crippen LogP contribution is 1.97. The van der Waals surface area contributed by atoms with Crippen molar-refractivity contribution >= 4 is 12.3 Å². The van der Waals surface area contributed by atoms with Crippen LogP contribution in [-0.4, -0.2) is 12.3 Å². The van der Waals surface area contributed by atoms with Gasteiger partial charge in [0.25, 0.3) is 0 Å². The molecule has 0 aromatic heterocycles. The average Bonchev–Trinajstić information content (AvgIpc) is 2.06. The van der Waals surface area contributed by atoms with E-state index in [9.17, 15) is 9.59 Å². The lowest BCUT2D eigenvalue weighted by Gasteiger charge is -2.02. The molecule has 0 unspecified atom stereocenters. The van der Waals surface area contributed by atoms with Crippen LogP contribution in [0.1, 0.15) is 0 Å². The molecule has 1 heterocycles. The van der Waals surface area contributed by atoms with Gasteiger partial charge in [-0.05, 0) is 0 Å². The van der Waals surface area contributed by atoms with Crippen LogP contribution >= 0.6 is 0 Å². The molecule has 1 fully saturated rings.